The molecule has 2 spiro atoms. The Morgan fingerprint density at radius 3 is 1.92 bits per heavy atom. The molecule has 5 fully saturated rings. The number of nitrogens with zero attached hydrogens (tertiary/aromatic N) is 1. The molecule has 5 saturated carbocycles. The molecule has 0 aliphatic heterocycles. The molecule has 0 atom stereocenters. The predicted octanol–water partition coefficient (Wildman–Crippen LogP) is 15.7. The van der Waals surface area contributed by atoms with Gasteiger partial charge in [0, 0.05) is 44.1 Å². The second kappa shape index (κ2) is 12.4. The van der Waals surface area contributed by atoms with Crippen LogP contribution in [0.1, 0.15) is 86.5 Å². The molecule has 7 aromatic carbocycles. The molecular formula is C58H49NO. The van der Waals surface area contributed by atoms with Crippen molar-refractivity contribution in [3.63, 3.8) is 0 Å². The lowest BCUT2D eigenvalue weighted by atomic mass is 9.43. The monoisotopic (exact) mass is 775 g/mol. The summed E-state index contributed by atoms with van der Waals surface area (Å²) in [5.41, 5.74) is 20.2. The van der Waals surface area contributed by atoms with E-state index in [1.54, 1.807) is 11.1 Å². The number of anilines is 3. The largest absolute Gasteiger partial charge is 0.455 e. The Hall–Kier alpha value is -5.86. The summed E-state index contributed by atoms with van der Waals surface area (Å²) in [6.07, 6.45) is 13.5. The highest BCUT2D eigenvalue weighted by atomic mass is 16.3. The second-order valence-corrected chi connectivity index (χ2v) is 19.5. The highest BCUT2D eigenvalue weighted by molar-refractivity contribution is 6.09. The van der Waals surface area contributed by atoms with Crippen LogP contribution < -0.4 is 4.90 Å². The van der Waals surface area contributed by atoms with E-state index in [0.29, 0.717) is 0 Å². The van der Waals surface area contributed by atoms with Crippen LogP contribution in [0, 0.1) is 23.7 Å². The van der Waals surface area contributed by atoms with Gasteiger partial charge in [-0.3, -0.25) is 0 Å². The van der Waals surface area contributed by atoms with Crippen molar-refractivity contribution in [3.05, 3.63) is 174 Å². The highest BCUT2D eigenvalue weighted by Crippen LogP contribution is 2.70. The molecule has 1 aromatic heterocycles. The van der Waals surface area contributed by atoms with Crippen molar-refractivity contribution in [2.24, 2.45) is 23.7 Å². The van der Waals surface area contributed by atoms with Gasteiger partial charge in [-0.15, -0.1) is 0 Å². The summed E-state index contributed by atoms with van der Waals surface area (Å²) in [5, 5.41) is 2.33. The van der Waals surface area contributed by atoms with E-state index in [2.05, 4.69) is 157 Å². The van der Waals surface area contributed by atoms with Gasteiger partial charge in [0.1, 0.15) is 11.2 Å². The van der Waals surface area contributed by atoms with E-state index in [9.17, 15) is 0 Å². The van der Waals surface area contributed by atoms with Gasteiger partial charge in [-0.2, -0.15) is 0 Å². The van der Waals surface area contributed by atoms with E-state index >= 15 is 0 Å². The van der Waals surface area contributed by atoms with Gasteiger partial charge in [-0.25, -0.2) is 0 Å². The maximum Gasteiger partial charge on any atom is 0.143 e. The molecule has 0 unspecified atom stereocenters. The molecule has 0 radical (unpaired) electrons. The molecule has 4 bridgehead atoms. The first-order chi connectivity index (χ1) is 29.7. The second-order valence-electron chi connectivity index (χ2n) is 19.5. The zero-order valence-electron chi connectivity index (χ0n) is 34.2. The van der Waals surface area contributed by atoms with Crippen molar-refractivity contribution < 1.29 is 4.42 Å². The maximum absolute atomic E-state index is 6.54. The van der Waals surface area contributed by atoms with Gasteiger partial charge in [0.25, 0.3) is 0 Å². The number of para-hydroxylation sites is 2. The third-order valence-electron chi connectivity index (χ3n) is 16.9. The molecule has 8 aromatic rings. The van der Waals surface area contributed by atoms with E-state index in [0.717, 1.165) is 40.4 Å². The molecule has 0 saturated heterocycles. The Bertz CT molecular complexity index is 3020. The molecule has 0 N–H and O–H groups in total. The average Bonchev–Trinajstić information content (AvgIpc) is 3.91. The summed E-state index contributed by atoms with van der Waals surface area (Å²) in [7, 11) is 0. The molecule has 15 rings (SSSR count). The first-order valence-electron chi connectivity index (χ1n) is 23.0. The summed E-state index contributed by atoms with van der Waals surface area (Å²) < 4.78 is 6.54. The fourth-order valence-electron chi connectivity index (χ4n) is 14.8. The minimum absolute atomic E-state index is 0.0870. The summed E-state index contributed by atoms with van der Waals surface area (Å²) >= 11 is 0. The quantitative estimate of drug-likeness (QED) is 0.177. The van der Waals surface area contributed by atoms with Crippen LogP contribution in [-0.2, 0) is 10.8 Å². The van der Waals surface area contributed by atoms with Crippen molar-refractivity contribution >= 4 is 39.0 Å². The summed E-state index contributed by atoms with van der Waals surface area (Å²) in [6, 6.07) is 58.2. The van der Waals surface area contributed by atoms with Crippen LogP contribution in [0.25, 0.3) is 55.3 Å². The lowest BCUT2D eigenvalue weighted by Crippen LogP contribution is -2.55. The smallest absolute Gasteiger partial charge is 0.143 e. The van der Waals surface area contributed by atoms with Crippen LogP contribution in [0.2, 0.25) is 0 Å². The van der Waals surface area contributed by atoms with Crippen molar-refractivity contribution in [3.8, 4) is 33.4 Å². The summed E-state index contributed by atoms with van der Waals surface area (Å²) in [6.45, 7) is 0. The van der Waals surface area contributed by atoms with E-state index in [-0.39, 0.29) is 10.8 Å². The van der Waals surface area contributed by atoms with Crippen molar-refractivity contribution in [1.29, 1.82) is 0 Å². The van der Waals surface area contributed by atoms with Gasteiger partial charge in [0.15, 0.2) is 0 Å². The molecule has 292 valence electrons. The molecule has 7 aliphatic carbocycles. The third-order valence-corrected chi connectivity index (χ3v) is 16.9. The van der Waals surface area contributed by atoms with Crippen molar-refractivity contribution in [2.75, 3.05) is 4.90 Å². The summed E-state index contributed by atoms with van der Waals surface area (Å²) in [5.74, 6) is 3.37. The Balaban J connectivity index is 0.973. The van der Waals surface area contributed by atoms with E-state index < -0.39 is 0 Å². The van der Waals surface area contributed by atoms with E-state index in [4.69, 9.17) is 4.42 Å². The molecule has 60 heavy (non-hydrogen) atoms. The van der Waals surface area contributed by atoms with Crippen molar-refractivity contribution in [1.82, 2.24) is 0 Å². The standard InChI is InChI=1S/C58H49NO/c1-8-28-57(29-9-1)49-17-5-3-14-47(49)55-52(57)19-11-20-53(55)59(41-24-22-38(23-25-41)43-15-10-16-46-45-13-4-7-21-54(45)60-56(43)46)42-26-27-51-48(35-42)44-12-2-6-18-50(44)58(51)39-31-36-30-37(33-39)34-40(58)32-36/h2-7,10-27,35-37,39-40H,1,8-9,28-34H2. The molecule has 0 amide bonds. The first kappa shape index (κ1) is 33.9. The average molecular weight is 776 g/mol. The number of fused-ring (bicyclic) bond motifs is 11. The van der Waals surface area contributed by atoms with Crippen LogP contribution in [-0.4, -0.2) is 0 Å². The van der Waals surface area contributed by atoms with Gasteiger partial charge in [-0.1, -0.05) is 135 Å². The number of furan rings is 1. The fraction of sp³-hybridized carbons (Fsp3) is 0.276. The zero-order valence-corrected chi connectivity index (χ0v) is 34.2. The van der Waals surface area contributed by atoms with E-state index in [1.807, 2.05) is 0 Å². The lowest BCUT2D eigenvalue weighted by molar-refractivity contribution is -0.0399. The number of rotatable bonds is 4. The molecule has 1 heterocycles. The van der Waals surface area contributed by atoms with Gasteiger partial charge in [0.2, 0.25) is 0 Å². The Kier molecular flexibility index (Phi) is 6.98. The predicted molar refractivity (Wildman–Crippen MR) is 246 cm³/mol. The SMILES string of the molecule is c1ccc2c(c1)-c1c(N(c3ccc(-c4cccc5c4oc4ccccc45)cc3)c3ccc4c(c3)-c3ccccc3C43C4CC5CC(C4)CC3C5)cccc1C21CCCCC1. The fourth-order valence-corrected chi connectivity index (χ4v) is 14.8. The van der Waals surface area contributed by atoms with Gasteiger partial charge in [-0.05, 0) is 150 Å². The van der Waals surface area contributed by atoms with Crippen LogP contribution in [0.3, 0.4) is 0 Å². The third kappa shape index (κ3) is 4.40. The van der Waals surface area contributed by atoms with Crippen LogP contribution in [0.5, 0.6) is 0 Å². The lowest BCUT2D eigenvalue weighted by Gasteiger charge is -2.61. The van der Waals surface area contributed by atoms with Crippen LogP contribution >= 0.6 is 0 Å². The normalized spacial score (nSPS) is 24.9. The number of hydrogen-bond donors (Lipinski definition) is 0. The van der Waals surface area contributed by atoms with Gasteiger partial charge in [0.05, 0.1) is 5.69 Å². The van der Waals surface area contributed by atoms with Crippen molar-refractivity contribution in [2.45, 2.75) is 75.0 Å². The number of hydrogen-bond acceptors (Lipinski definition) is 2. The molecule has 2 heteroatoms. The Labute approximate surface area is 352 Å². The number of benzene rings is 7. The maximum atomic E-state index is 6.54. The van der Waals surface area contributed by atoms with E-state index in [1.165, 1.54) is 131 Å². The van der Waals surface area contributed by atoms with Gasteiger partial charge < -0.3 is 9.32 Å². The molecule has 7 aliphatic rings. The minimum atomic E-state index is 0.0870. The Morgan fingerprint density at radius 2 is 1.10 bits per heavy atom. The van der Waals surface area contributed by atoms with Crippen LogP contribution in [0.15, 0.2) is 156 Å². The molecule has 2 nitrogen and oxygen atoms in total. The van der Waals surface area contributed by atoms with Crippen LogP contribution in [0.4, 0.5) is 17.1 Å². The molecular weight excluding hydrogens is 727 g/mol. The first-order valence-corrected chi connectivity index (χ1v) is 23.0. The summed E-state index contributed by atoms with van der Waals surface area (Å²) in [4.78, 5) is 2.60. The highest BCUT2D eigenvalue weighted by Gasteiger charge is 2.61. The minimum Gasteiger partial charge on any atom is -0.455 e. The zero-order chi connectivity index (χ0) is 39.2. The van der Waals surface area contributed by atoms with Gasteiger partial charge >= 0.3 is 0 Å². The Morgan fingerprint density at radius 1 is 0.467 bits per heavy atom. The topological polar surface area (TPSA) is 16.4 Å².